The van der Waals surface area contributed by atoms with E-state index in [9.17, 15) is 0 Å². The summed E-state index contributed by atoms with van der Waals surface area (Å²) in [6.07, 6.45) is 0. The first-order valence-electron chi connectivity index (χ1n) is 15.8. The molecule has 8 aromatic rings. The predicted molar refractivity (Wildman–Crippen MR) is 190 cm³/mol. The average molecular weight is 590 g/mol. The molecule has 6 aromatic carbocycles. The van der Waals surface area contributed by atoms with Crippen LogP contribution in [0.2, 0.25) is 0 Å². The Hall–Kier alpha value is -5.80. The molecule has 0 bridgehead atoms. The maximum Gasteiger partial charge on any atom is 0.235 e. The van der Waals surface area contributed by atoms with E-state index >= 15 is 0 Å². The fourth-order valence-corrected chi connectivity index (χ4v) is 7.31. The third kappa shape index (κ3) is 4.05. The first-order valence-corrected chi connectivity index (χ1v) is 15.8. The standard InChI is InChI=1S/C43H31N3/c1-43(2)36-22-11-9-20-32(36)34-26-41-35(25-37(34)43)33-21-10-12-23-40(33)46(41)42-44-38(29-16-7-4-8-17-29)27-39(45-42)31-19-13-18-30(24-31)28-14-5-3-6-15-28/h3-27H,1-2H3. The molecule has 0 saturated carbocycles. The lowest BCUT2D eigenvalue weighted by molar-refractivity contribution is 0.661. The highest BCUT2D eigenvalue weighted by molar-refractivity contribution is 6.11. The number of hydrogen-bond donors (Lipinski definition) is 0. The van der Waals surface area contributed by atoms with Gasteiger partial charge in [-0.25, -0.2) is 9.97 Å². The summed E-state index contributed by atoms with van der Waals surface area (Å²) in [7, 11) is 0. The summed E-state index contributed by atoms with van der Waals surface area (Å²) in [5.74, 6) is 0.665. The third-order valence-electron chi connectivity index (χ3n) is 9.63. The number of benzene rings is 6. The van der Waals surface area contributed by atoms with Crippen molar-refractivity contribution in [3.05, 3.63) is 163 Å². The van der Waals surface area contributed by atoms with Crippen molar-refractivity contribution in [2.75, 3.05) is 0 Å². The van der Waals surface area contributed by atoms with E-state index < -0.39 is 0 Å². The Morgan fingerprint density at radius 2 is 1.07 bits per heavy atom. The van der Waals surface area contributed by atoms with Gasteiger partial charge in [0.1, 0.15) is 0 Å². The summed E-state index contributed by atoms with van der Waals surface area (Å²) in [5, 5.41) is 2.42. The summed E-state index contributed by atoms with van der Waals surface area (Å²) < 4.78 is 2.26. The van der Waals surface area contributed by atoms with Gasteiger partial charge >= 0.3 is 0 Å². The zero-order valence-electron chi connectivity index (χ0n) is 25.8. The summed E-state index contributed by atoms with van der Waals surface area (Å²) in [5.41, 5.74) is 13.7. The summed E-state index contributed by atoms with van der Waals surface area (Å²) >= 11 is 0. The van der Waals surface area contributed by atoms with E-state index in [0.29, 0.717) is 5.95 Å². The van der Waals surface area contributed by atoms with E-state index in [1.807, 2.05) is 6.07 Å². The summed E-state index contributed by atoms with van der Waals surface area (Å²) in [4.78, 5) is 10.6. The zero-order valence-corrected chi connectivity index (χ0v) is 25.8. The lowest BCUT2D eigenvalue weighted by Crippen LogP contribution is -2.14. The van der Waals surface area contributed by atoms with Crippen molar-refractivity contribution in [3.63, 3.8) is 0 Å². The van der Waals surface area contributed by atoms with Crippen LogP contribution in [0.15, 0.2) is 152 Å². The van der Waals surface area contributed by atoms with Crippen LogP contribution in [0.25, 0.3) is 72.5 Å². The molecule has 218 valence electrons. The highest BCUT2D eigenvalue weighted by Gasteiger charge is 2.36. The molecule has 0 radical (unpaired) electrons. The van der Waals surface area contributed by atoms with Crippen LogP contribution < -0.4 is 0 Å². The van der Waals surface area contributed by atoms with Crippen LogP contribution >= 0.6 is 0 Å². The maximum absolute atomic E-state index is 5.32. The number of para-hydroxylation sites is 1. The SMILES string of the molecule is CC1(C)c2ccccc2-c2cc3c(cc21)c1ccccc1n3-c1nc(-c2ccccc2)cc(-c2cccc(-c3ccccc3)c2)n1. The van der Waals surface area contributed by atoms with Gasteiger partial charge in [0.25, 0.3) is 0 Å². The Bertz CT molecular complexity index is 2440. The zero-order chi connectivity index (χ0) is 30.8. The second-order valence-corrected chi connectivity index (χ2v) is 12.7. The molecule has 9 rings (SSSR count). The van der Waals surface area contributed by atoms with Crippen molar-refractivity contribution in [2.24, 2.45) is 0 Å². The normalized spacial score (nSPS) is 13.2. The van der Waals surface area contributed by atoms with Crippen molar-refractivity contribution in [1.82, 2.24) is 14.5 Å². The Morgan fingerprint density at radius 3 is 1.87 bits per heavy atom. The molecule has 0 saturated heterocycles. The van der Waals surface area contributed by atoms with E-state index in [1.165, 1.54) is 38.6 Å². The molecule has 3 nitrogen and oxygen atoms in total. The van der Waals surface area contributed by atoms with E-state index in [4.69, 9.17) is 9.97 Å². The van der Waals surface area contributed by atoms with Crippen LogP contribution in [0.1, 0.15) is 25.0 Å². The van der Waals surface area contributed by atoms with Crippen LogP contribution in [0.4, 0.5) is 0 Å². The van der Waals surface area contributed by atoms with E-state index in [2.05, 4.69) is 164 Å². The molecule has 0 fully saturated rings. The molecule has 46 heavy (non-hydrogen) atoms. The van der Waals surface area contributed by atoms with Crippen molar-refractivity contribution in [1.29, 1.82) is 0 Å². The molecule has 0 N–H and O–H groups in total. The molecule has 2 heterocycles. The van der Waals surface area contributed by atoms with Gasteiger partial charge in [0.15, 0.2) is 0 Å². The Labute approximate surface area is 268 Å². The van der Waals surface area contributed by atoms with Crippen LogP contribution in [0.5, 0.6) is 0 Å². The molecule has 0 atom stereocenters. The quantitative estimate of drug-likeness (QED) is 0.204. The molecule has 0 unspecified atom stereocenters. The molecule has 2 aromatic heterocycles. The smallest absolute Gasteiger partial charge is 0.235 e. The summed E-state index contributed by atoms with van der Waals surface area (Å²) in [6.45, 7) is 4.68. The fraction of sp³-hybridized carbons (Fsp3) is 0.0698. The van der Waals surface area contributed by atoms with Gasteiger partial charge in [-0.1, -0.05) is 135 Å². The number of rotatable bonds is 4. The van der Waals surface area contributed by atoms with Crippen LogP contribution in [0.3, 0.4) is 0 Å². The predicted octanol–water partition coefficient (Wildman–Crippen LogP) is 10.9. The van der Waals surface area contributed by atoms with E-state index in [-0.39, 0.29) is 5.41 Å². The molecule has 0 aliphatic heterocycles. The molecule has 1 aliphatic carbocycles. The Balaban J connectivity index is 1.33. The van der Waals surface area contributed by atoms with E-state index in [1.54, 1.807) is 0 Å². The van der Waals surface area contributed by atoms with Crippen molar-refractivity contribution in [3.8, 4) is 50.7 Å². The molecule has 3 heteroatoms. The van der Waals surface area contributed by atoms with Crippen molar-refractivity contribution >= 4 is 21.8 Å². The van der Waals surface area contributed by atoms with Crippen LogP contribution in [0, 0.1) is 0 Å². The summed E-state index contributed by atoms with van der Waals surface area (Å²) in [6, 6.07) is 53.9. The van der Waals surface area contributed by atoms with Gasteiger partial charge in [0.2, 0.25) is 5.95 Å². The Kier molecular flexibility index (Phi) is 5.85. The molecule has 0 spiro atoms. The fourth-order valence-electron chi connectivity index (χ4n) is 7.31. The van der Waals surface area contributed by atoms with Crippen LogP contribution in [-0.2, 0) is 5.41 Å². The molecular formula is C43H31N3. The van der Waals surface area contributed by atoms with Gasteiger partial charge < -0.3 is 0 Å². The van der Waals surface area contributed by atoms with Gasteiger partial charge in [-0.15, -0.1) is 0 Å². The van der Waals surface area contributed by atoms with Gasteiger partial charge in [-0.3, -0.25) is 4.57 Å². The third-order valence-corrected chi connectivity index (χ3v) is 9.63. The van der Waals surface area contributed by atoms with Gasteiger partial charge in [0, 0.05) is 27.3 Å². The highest BCUT2D eigenvalue weighted by Crippen LogP contribution is 2.50. The minimum absolute atomic E-state index is 0.0794. The highest BCUT2D eigenvalue weighted by atomic mass is 15.2. The molecular weight excluding hydrogens is 558 g/mol. The molecule has 1 aliphatic rings. The van der Waals surface area contributed by atoms with Gasteiger partial charge in [-0.2, -0.15) is 0 Å². The minimum Gasteiger partial charge on any atom is -0.278 e. The number of fused-ring (bicyclic) bond motifs is 6. The average Bonchev–Trinajstić information content (AvgIpc) is 3.56. The maximum atomic E-state index is 5.32. The largest absolute Gasteiger partial charge is 0.278 e. The monoisotopic (exact) mass is 589 g/mol. The second-order valence-electron chi connectivity index (χ2n) is 12.7. The number of nitrogens with zero attached hydrogens (tertiary/aromatic N) is 3. The molecule has 0 amide bonds. The lowest BCUT2D eigenvalue weighted by Gasteiger charge is -2.21. The first-order chi connectivity index (χ1) is 22.6. The van der Waals surface area contributed by atoms with E-state index in [0.717, 1.165) is 39.1 Å². The van der Waals surface area contributed by atoms with Crippen molar-refractivity contribution < 1.29 is 0 Å². The lowest BCUT2D eigenvalue weighted by atomic mass is 9.82. The Morgan fingerprint density at radius 1 is 0.435 bits per heavy atom. The number of aromatic nitrogens is 3. The van der Waals surface area contributed by atoms with Gasteiger partial charge in [-0.05, 0) is 63.7 Å². The second kappa shape index (κ2) is 10.1. The van der Waals surface area contributed by atoms with Crippen LogP contribution in [-0.4, -0.2) is 14.5 Å². The first kappa shape index (κ1) is 26.6. The topological polar surface area (TPSA) is 30.7 Å². The minimum atomic E-state index is -0.0794. The van der Waals surface area contributed by atoms with Crippen molar-refractivity contribution in [2.45, 2.75) is 19.3 Å². The van der Waals surface area contributed by atoms with Gasteiger partial charge in [0.05, 0.1) is 22.4 Å². The number of hydrogen-bond acceptors (Lipinski definition) is 2.